The molecule has 1 aliphatic rings. The lowest BCUT2D eigenvalue weighted by Gasteiger charge is -2.21. The molecule has 1 saturated carbocycles. The smallest absolute Gasteiger partial charge is 0.251 e. The van der Waals surface area contributed by atoms with Crippen LogP contribution in [0.4, 0.5) is 10.1 Å². The van der Waals surface area contributed by atoms with Gasteiger partial charge in [-0.05, 0) is 31.0 Å². The van der Waals surface area contributed by atoms with Gasteiger partial charge in [-0.25, -0.2) is 4.39 Å². The van der Waals surface area contributed by atoms with Crippen LogP contribution >= 0.6 is 0 Å². The van der Waals surface area contributed by atoms with Crippen molar-refractivity contribution < 1.29 is 9.18 Å². The molecule has 1 aliphatic carbocycles. The van der Waals surface area contributed by atoms with Gasteiger partial charge in [0.15, 0.2) is 0 Å². The zero-order valence-corrected chi connectivity index (χ0v) is 11.1. The summed E-state index contributed by atoms with van der Waals surface area (Å²) in [4.78, 5) is 12.1. The highest BCUT2D eigenvalue weighted by molar-refractivity contribution is 5.94. The molecule has 0 atom stereocenters. The van der Waals surface area contributed by atoms with Gasteiger partial charge in [0.05, 0.1) is 5.69 Å². The number of hydrogen-bond acceptors (Lipinski definition) is 2. The molecule has 104 valence electrons. The quantitative estimate of drug-likeness (QED) is 0.806. The number of nitrogens with two attached hydrogens (primary N) is 1. The van der Waals surface area contributed by atoms with E-state index in [0.29, 0.717) is 5.56 Å². The maximum Gasteiger partial charge on any atom is 0.251 e. The van der Waals surface area contributed by atoms with Crippen LogP contribution in [0.3, 0.4) is 0 Å². The number of halogens is 1. The minimum absolute atomic E-state index is 0.0718. The SMILES string of the molecule is Nc1ccc(C(=O)NC2CCCCCCC2)cc1F. The third-order valence-electron chi connectivity index (χ3n) is 3.70. The van der Waals surface area contributed by atoms with Crippen LogP contribution in [0.25, 0.3) is 0 Å². The van der Waals surface area contributed by atoms with Gasteiger partial charge in [-0.2, -0.15) is 0 Å². The minimum Gasteiger partial charge on any atom is -0.396 e. The lowest BCUT2D eigenvalue weighted by atomic mass is 9.96. The molecule has 3 nitrogen and oxygen atoms in total. The van der Waals surface area contributed by atoms with Gasteiger partial charge >= 0.3 is 0 Å². The Hall–Kier alpha value is -1.58. The summed E-state index contributed by atoms with van der Waals surface area (Å²) in [6, 6.07) is 4.42. The first-order chi connectivity index (χ1) is 9.16. The van der Waals surface area contributed by atoms with Gasteiger partial charge < -0.3 is 11.1 Å². The zero-order chi connectivity index (χ0) is 13.7. The van der Waals surface area contributed by atoms with Crippen molar-refractivity contribution in [3.8, 4) is 0 Å². The van der Waals surface area contributed by atoms with E-state index in [-0.39, 0.29) is 17.6 Å². The fraction of sp³-hybridized carbons (Fsp3) is 0.533. The molecule has 19 heavy (non-hydrogen) atoms. The van der Waals surface area contributed by atoms with Crippen LogP contribution in [-0.2, 0) is 0 Å². The molecule has 0 aromatic heterocycles. The third kappa shape index (κ3) is 3.94. The Kier molecular flexibility index (Phi) is 4.77. The van der Waals surface area contributed by atoms with Crippen molar-refractivity contribution in [3.05, 3.63) is 29.6 Å². The van der Waals surface area contributed by atoms with Gasteiger partial charge in [0.25, 0.3) is 5.91 Å². The van der Waals surface area contributed by atoms with E-state index in [1.54, 1.807) is 6.07 Å². The molecule has 0 aliphatic heterocycles. The average Bonchev–Trinajstić information content (AvgIpc) is 2.35. The molecular weight excluding hydrogens is 243 g/mol. The van der Waals surface area contributed by atoms with E-state index in [4.69, 9.17) is 5.73 Å². The molecule has 2 rings (SSSR count). The van der Waals surface area contributed by atoms with Crippen LogP contribution in [0.5, 0.6) is 0 Å². The molecule has 0 heterocycles. The maximum absolute atomic E-state index is 13.3. The molecular formula is C15H21FN2O. The van der Waals surface area contributed by atoms with Gasteiger partial charge in [-0.15, -0.1) is 0 Å². The predicted octanol–water partition coefficient (Wildman–Crippen LogP) is 3.25. The summed E-state index contributed by atoms with van der Waals surface area (Å²) in [5.41, 5.74) is 5.82. The van der Waals surface area contributed by atoms with E-state index in [2.05, 4.69) is 5.32 Å². The molecule has 1 aromatic carbocycles. The first-order valence-corrected chi connectivity index (χ1v) is 7.02. The van der Waals surface area contributed by atoms with E-state index in [0.717, 1.165) is 25.7 Å². The maximum atomic E-state index is 13.3. The van der Waals surface area contributed by atoms with E-state index in [1.165, 1.54) is 31.4 Å². The number of amides is 1. The lowest BCUT2D eigenvalue weighted by molar-refractivity contribution is 0.0930. The number of rotatable bonds is 2. The van der Waals surface area contributed by atoms with Crippen LogP contribution in [0, 0.1) is 5.82 Å². The summed E-state index contributed by atoms with van der Waals surface area (Å²) in [5.74, 6) is -0.741. The standard InChI is InChI=1S/C15H21FN2O/c16-13-10-11(8-9-14(13)17)15(19)18-12-6-4-2-1-3-5-7-12/h8-10,12H,1-7,17H2,(H,18,19). The number of carbonyl (C=O) groups excluding carboxylic acids is 1. The molecule has 0 unspecified atom stereocenters. The largest absolute Gasteiger partial charge is 0.396 e. The van der Waals surface area contributed by atoms with Crippen molar-refractivity contribution >= 4 is 11.6 Å². The highest BCUT2D eigenvalue weighted by atomic mass is 19.1. The molecule has 4 heteroatoms. The predicted molar refractivity (Wildman–Crippen MR) is 74.4 cm³/mol. The summed E-state index contributed by atoms with van der Waals surface area (Å²) in [6.07, 6.45) is 8.12. The Morgan fingerprint density at radius 3 is 2.42 bits per heavy atom. The molecule has 1 aromatic rings. The Labute approximate surface area is 113 Å². The number of anilines is 1. The second kappa shape index (κ2) is 6.55. The minimum atomic E-state index is -0.537. The van der Waals surface area contributed by atoms with Crippen LogP contribution in [0.2, 0.25) is 0 Å². The van der Waals surface area contributed by atoms with Gasteiger partial charge in [-0.1, -0.05) is 32.1 Å². The van der Waals surface area contributed by atoms with Crippen molar-refractivity contribution in [1.29, 1.82) is 0 Å². The number of nitrogens with one attached hydrogen (secondary N) is 1. The molecule has 1 fully saturated rings. The Balaban J connectivity index is 1.96. The topological polar surface area (TPSA) is 55.1 Å². The van der Waals surface area contributed by atoms with Crippen molar-refractivity contribution in [2.45, 2.75) is 51.0 Å². The van der Waals surface area contributed by atoms with Crippen molar-refractivity contribution in [2.75, 3.05) is 5.73 Å². The number of carbonyl (C=O) groups is 1. The van der Waals surface area contributed by atoms with Crippen LogP contribution in [0.15, 0.2) is 18.2 Å². The zero-order valence-electron chi connectivity index (χ0n) is 11.1. The Bertz CT molecular complexity index is 440. The summed E-state index contributed by atoms with van der Waals surface area (Å²) < 4.78 is 13.3. The molecule has 0 saturated heterocycles. The molecule has 0 bridgehead atoms. The fourth-order valence-corrected chi connectivity index (χ4v) is 2.54. The van der Waals surface area contributed by atoms with Gasteiger partial charge in [0, 0.05) is 11.6 Å². The molecule has 3 N–H and O–H groups in total. The van der Waals surface area contributed by atoms with Crippen molar-refractivity contribution in [1.82, 2.24) is 5.32 Å². The highest BCUT2D eigenvalue weighted by Crippen LogP contribution is 2.18. The highest BCUT2D eigenvalue weighted by Gasteiger charge is 2.15. The van der Waals surface area contributed by atoms with Crippen LogP contribution in [-0.4, -0.2) is 11.9 Å². The fourth-order valence-electron chi connectivity index (χ4n) is 2.54. The summed E-state index contributed by atoms with van der Waals surface area (Å²) in [6.45, 7) is 0. The Morgan fingerprint density at radius 1 is 1.16 bits per heavy atom. The van der Waals surface area contributed by atoms with E-state index in [9.17, 15) is 9.18 Å². The lowest BCUT2D eigenvalue weighted by Crippen LogP contribution is -2.35. The third-order valence-corrected chi connectivity index (χ3v) is 3.70. The van der Waals surface area contributed by atoms with E-state index < -0.39 is 5.82 Å². The first-order valence-electron chi connectivity index (χ1n) is 7.02. The second-order valence-corrected chi connectivity index (χ2v) is 5.25. The van der Waals surface area contributed by atoms with Crippen molar-refractivity contribution in [3.63, 3.8) is 0 Å². The second-order valence-electron chi connectivity index (χ2n) is 5.25. The van der Waals surface area contributed by atoms with Gasteiger partial charge in [-0.3, -0.25) is 4.79 Å². The summed E-state index contributed by atoms with van der Waals surface area (Å²) in [7, 11) is 0. The summed E-state index contributed by atoms with van der Waals surface area (Å²) in [5, 5.41) is 3.00. The molecule has 0 radical (unpaired) electrons. The van der Waals surface area contributed by atoms with E-state index in [1.807, 2.05) is 0 Å². The summed E-state index contributed by atoms with van der Waals surface area (Å²) >= 11 is 0. The van der Waals surface area contributed by atoms with Gasteiger partial charge in [0.1, 0.15) is 5.82 Å². The van der Waals surface area contributed by atoms with Gasteiger partial charge in [0.2, 0.25) is 0 Å². The Morgan fingerprint density at radius 2 is 1.79 bits per heavy atom. The number of hydrogen-bond donors (Lipinski definition) is 2. The average molecular weight is 264 g/mol. The van der Waals surface area contributed by atoms with Crippen LogP contribution < -0.4 is 11.1 Å². The van der Waals surface area contributed by atoms with Crippen LogP contribution in [0.1, 0.15) is 55.3 Å². The normalized spacial score (nSPS) is 17.5. The number of benzene rings is 1. The first kappa shape index (κ1) is 13.8. The monoisotopic (exact) mass is 264 g/mol. The van der Waals surface area contributed by atoms with Crippen molar-refractivity contribution in [2.24, 2.45) is 0 Å². The number of nitrogen functional groups attached to an aromatic ring is 1. The molecule has 0 spiro atoms. The van der Waals surface area contributed by atoms with E-state index >= 15 is 0 Å². The molecule has 1 amide bonds.